The highest BCUT2D eigenvalue weighted by atomic mass is 19.4. The summed E-state index contributed by atoms with van der Waals surface area (Å²) in [7, 11) is 0. The molecule has 1 heterocycles. The number of carbonyl (C=O) groups excluding carboxylic acids is 1. The van der Waals surface area contributed by atoms with E-state index in [2.05, 4.69) is 23.1 Å². The molecule has 0 saturated carbocycles. The van der Waals surface area contributed by atoms with Gasteiger partial charge in [-0.1, -0.05) is 18.2 Å². The lowest BCUT2D eigenvalue weighted by Gasteiger charge is -2.32. The van der Waals surface area contributed by atoms with Gasteiger partial charge in [-0.15, -0.1) is 0 Å². The Bertz CT molecular complexity index is 800. The van der Waals surface area contributed by atoms with E-state index in [1.54, 1.807) is 0 Å². The monoisotopic (exact) mass is 442 g/mol. The van der Waals surface area contributed by atoms with Crippen molar-refractivity contribution in [3.8, 4) is 0 Å². The zero-order chi connectivity index (χ0) is 23.0. The van der Waals surface area contributed by atoms with E-state index in [1.807, 2.05) is 6.07 Å². The van der Waals surface area contributed by atoms with Gasteiger partial charge in [0.25, 0.3) is 0 Å². The number of nitrogens with two attached hydrogens (primary N) is 1. The maximum atomic E-state index is 11.8. The average Bonchev–Trinajstić information content (AvgIpc) is 2.74. The summed E-state index contributed by atoms with van der Waals surface area (Å²) in [6.45, 7) is 3.06. The van der Waals surface area contributed by atoms with Crippen molar-refractivity contribution in [3.63, 3.8) is 0 Å². The van der Waals surface area contributed by atoms with Crippen LogP contribution in [0.25, 0.3) is 5.57 Å². The van der Waals surface area contributed by atoms with Crippen LogP contribution >= 0.6 is 0 Å². The Morgan fingerprint density at radius 1 is 1.16 bits per heavy atom. The Morgan fingerprint density at radius 3 is 2.29 bits per heavy atom. The number of carbonyl (C=O) groups is 2. The van der Waals surface area contributed by atoms with Crippen molar-refractivity contribution >= 4 is 17.4 Å². The maximum absolute atomic E-state index is 11.8. The SMILES string of the molecule is NC(=O)c1ccc(C2CCN(CCO)CC2)cc1C1=CCCCC1.O=C(O)C(F)(F)F. The zero-order valence-corrected chi connectivity index (χ0v) is 17.3. The second kappa shape index (κ2) is 11.3. The van der Waals surface area contributed by atoms with Crippen LogP contribution in [0.15, 0.2) is 24.3 Å². The molecule has 1 aliphatic heterocycles. The van der Waals surface area contributed by atoms with Crippen molar-refractivity contribution in [1.82, 2.24) is 4.90 Å². The number of primary amides is 1. The van der Waals surface area contributed by atoms with Gasteiger partial charge in [0.1, 0.15) is 0 Å². The van der Waals surface area contributed by atoms with Crippen molar-refractivity contribution in [3.05, 3.63) is 41.0 Å². The Balaban J connectivity index is 0.000000423. The number of nitrogens with zero attached hydrogens (tertiary/aromatic N) is 1. The van der Waals surface area contributed by atoms with E-state index in [9.17, 15) is 18.0 Å². The standard InChI is InChI=1S/C20H28N2O2.C2HF3O2/c21-20(24)18-7-6-17(14-19(18)16-4-2-1-3-5-16)15-8-10-22(11-9-15)12-13-23;3-2(4,5)1(6)7/h4,6-7,14-15,23H,1-3,5,8-13H2,(H2,21,24);(H,6,7). The fraction of sp³-hybridized carbons (Fsp3) is 0.545. The number of amides is 1. The second-order valence-electron chi connectivity index (χ2n) is 7.79. The van der Waals surface area contributed by atoms with Crippen LogP contribution < -0.4 is 5.73 Å². The first-order valence-electron chi connectivity index (χ1n) is 10.4. The zero-order valence-electron chi connectivity index (χ0n) is 17.3. The fourth-order valence-corrected chi connectivity index (χ4v) is 4.01. The summed E-state index contributed by atoms with van der Waals surface area (Å²) in [5, 5.41) is 16.2. The maximum Gasteiger partial charge on any atom is 0.490 e. The molecular weight excluding hydrogens is 413 g/mol. The molecule has 1 aliphatic carbocycles. The van der Waals surface area contributed by atoms with E-state index in [0.717, 1.165) is 50.9 Å². The number of rotatable bonds is 5. The van der Waals surface area contributed by atoms with Crippen LogP contribution in [0.5, 0.6) is 0 Å². The first-order chi connectivity index (χ1) is 14.6. The van der Waals surface area contributed by atoms with Crippen molar-refractivity contribution in [2.75, 3.05) is 26.2 Å². The van der Waals surface area contributed by atoms with Crippen LogP contribution in [0.2, 0.25) is 0 Å². The highest BCUT2D eigenvalue weighted by Crippen LogP contribution is 2.34. The molecule has 1 aromatic carbocycles. The van der Waals surface area contributed by atoms with Crippen molar-refractivity contribution in [1.29, 1.82) is 0 Å². The number of aliphatic hydroxyl groups excluding tert-OH is 1. The van der Waals surface area contributed by atoms with Gasteiger partial charge in [0.2, 0.25) is 5.91 Å². The predicted octanol–water partition coefficient (Wildman–Crippen LogP) is 3.55. The van der Waals surface area contributed by atoms with Crippen LogP contribution in [0, 0.1) is 0 Å². The van der Waals surface area contributed by atoms with Gasteiger partial charge in [0.15, 0.2) is 0 Å². The molecule has 0 radical (unpaired) electrons. The summed E-state index contributed by atoms with van der Waals surface area (Å²) >= 11 is 0. The molecule has 0 atom stereocenters. The lowest BCUT2D eigenvalue weighted by molar-refractivity contribution is -0.192. The van der Waals surface area contributed by atoms with Crippen LogP contribution in [-0.4, -0.2) is 59.4 Å². The summed E-state index contributed by atoms with van der Waals surface area (Å²) in [6, 6.07) is 6.21. The van der Waals surface area contributed by atoms with Gasteiger partial charge in [-0.05, 0) is 80.3 Å². The molecule has 172 valence electrons. The number of aliphatic carboxylic acids is 1. The largest absolute Gasteiger partial charge is 0.490 e. The lowest BCUT2D eigenvalue weighted by Crippen LogP contribution is -2.35. The molecule has 4 N–H and O–H groups in total. The molecule has 1 fully saturated rings. The summed E-state index contributed by atoms with van der Waals surface area (Å²) in [6.07, 6.45) is 3.96. The third-order valence-electron chi connectivity index (χ3n) is 5.66. The summed E-state index contributed by atoms with van der Waals surface area (Å²) < 4.78 is 31.7. The van der Waals surface area contributed by atoms with E-state index in [1.165, 1.54) is 24.0 Å². The fourth-order valence-electron chi connectivity index (χ4n) is 4.01. The number of alkyl halides is 3. The van der Waals surface area contributed by atoms with Gasteiger partial charge >= 0.3 is 12.1 Å². The summed E-state index contributed by atoms with van der Waals surface area (Å²) in [5.41, 5.74) is 9.93. The molecule has 31 heavy (non-hydrogen) atoms. The molecule has 6 nitrogen and oxygen atoms in total. The number of benzene rings is 1. The molecule has 0 spiro atoms. The number of likely N-dealkylation sites (tertiary alicyclic amines) is 1. The number of carboxylic acids is 1. The molecule has 9 heteroatoms. The summed E-state index contributed by atoms with van der Waals surface area (Å²) in [4.78, 5) is 23.0. The molecule has 2 aliphatic rings. The molecule has 1 amide bonds. The minimum atomic E-state index is -5.08. The Kier molecular flexibility index (Phi) is 9.06. The quantitative estimate of drug-likeness (QED) is 0.647. The number of hydrogen-bond donors (Lipinski definition) is 3. The van der Waals surface area contributed by atoms with Gasteiger partial charge < -0.3 is 20.8 Å². The number of aliphatic hydroxyl groups is 1. The van der Waals surface area contributed by atoms with E-state index in [-0.39, 0.29) is 12.5 Å². The van der Waals surface area contributed by atoms with Crippen molar-refractivity contribution in [2.45, 2.75) is 50.6 Å². The first kappa shape index (κ1) is 24.9. The smallest absolute Gasteiger partial charge is 0.475 e. The molecule has 1 aromatic rings. The van der Waals surface area contributed by atoms with Crippen LogP contribution in [0.3, 0.4) is 0 Å². The average molecular weight is 442 g/mol. The topological polar surface area (TPSA) is 104 Å². The molecule has 3 rings (SSSR count). The van der Waals surface area contributed by atoms with E-state index in [0.29, 0.717) is 11.5 Å². The molecule has 0 aromatic heterocycles. The number of piperidine rings is 1. The summed E-state index contributed by atoms with van der Waals surface area (Å²) in [5.74, 6) is -2.56. The Morgan fingerprint density at radius 2 is 1.81 bits per heavy atom. The van der Waals surface area contributed by atoms with E-state index >= 15 is 0 Å². The minimum absolute atomic E-state index is 0.232. The van der Waals surface area contributed by atoms with Gasteiger partial charge in [0, 0.05) is 12.1 Å². The van der Waals surface area contributed by atoms with Crippen LogP contribution in [0.1, 0.15) is 65.9 Å². The lowest BCUT2D eigenvalue weighted by atomic mass is 9.84. The van der Waals surface area contributed by atoms with E-state index < -0.39 is 12.1 Å². The van der Waals surface area contributed by atoms with Gasteiger partial charge in [-0.3, -0.25) is 4.79 Å². The normalized spacial score (nSPS) is 18.0. The van der Waals surface area contributed by atoms with Gasteiger partial charge in [-0.2, -0.15) is 13.2 Å². The highest BCUT2D eigenvalue weighted by molar-refractivity contribution is 5.98. The molecule has 1 saturated heterocycles. The first-order valence-corrected chi connectivity index (χ1v) is 10.4. The predicted molar refractivity (Wildman–Crippen MR) is 111 cm³/mol. The Labute approximate surface area is 179 Å². The van der Waals surface area contributed by atoms with Gasteiger partial charge in [0.05, 0.1) is 6.61 Å². The highest BCUT2D eigenvalue weighted by Gasteiger charge is 2.38. The molecule has 0 bridgehead atoms. The third-order valence-corrected chi connectivity index (χ3v) is 5.66. The molecular formula is C22H29F3N2O4. The Hall–Kier alpha value is -2.39. The second-order valence-corrected chi connectivity index (χ2v) is 7.79. The van der Waals surface area contributed by atoms with Crippen molar-refractivity contribution < 1.29 is 33.0 Å². The van der Waals surface area contributed by atoms with E-state index in [4.69, 9.17) is 20.7 Å². The minimum Gasteiger partial charge on any atom is -0.475 e. The number of allylic oxidation sites excluding steroid dienone is 2. The molecule has 0 unspecified atom stereocenters. The third kappa shape index (κ3) is 7.36. The number of hydrogen-bond acceptors (Lipinski definition) is 4. The number of carboxylic acid groups (broad SMARTS) is 1. The van der Waals surface area contributed by atoms with Gasteiger partial charge in [-0.25, -0.2) is 4.79 Å². The van der Waals surface area contributed by atoms with Crippen LogP contribution in [0.4, 0.5) is 13.2 Å². The number of β-amino-alcohol motifs (C(OH)–C–C–N with tert-alkyl or cyclic N) is 1. The number of halogens is 3. The van der Waals surface area contributed by atoms with Crippen molar-refractivity contribution in [2.24, 2.45) is 5.73 Å². The van der Waals surface area contributed by atoms with Crippen LogP contribution in [-0.2, 0) is 4.79 Å².